The molecule has 2 nitrogen and oxygen atoms in total. The summed E-state index contributed by atoms with van der Waals surface area (Å²) in [6.07, 6.45) is 0. The summed E-state index contributed by atoms with van der Waals surface area (Å²) in [4.78, 5) is 0. The van der Waals surface area contributed by atoms with Gasteiger partial charge < -0.3 is 9.84 Å². The van der Waals surface area contributed by atoms with Crippen LogP contribution in [0.15, 0.2) is 48.5 Å². The Morgan fingerprint density at radius 3 is 2.44 bits per heavy atom. The molecule has 0 atom stereocenters. The van der Waals surface area contributed by atoms with E-state index in [-0.39, 0.29) is 18.2 Å². The molecular formula is C13H11FO2. The van der Waals surface area contributed by atoms with Crippen LogP contribution in [0, 0.1) is 5.82 Å². The number of phenolic OH excluding ortho intramolecular Hbond substituents is 1. The minimum Gasteiger partial charge on any atom is -0.504 e. The van der Waals surface area contributed by atoms with Crippen molar-refractivity contribution >= 4 is 0 Å². The fraction of sp³-hybridized carbons (Fsp3) is 0.0769. The largest absolute Gasteiger partial charge is 0.504 e. The van der Waals surface area contributed by atoms with Gasteiger partial charge in [0.15, 0.2) is 11.5 Å². The Morgan fingerprint density at radius 2 is 1.69 bits per heavy atom. The van der Waals surface area contributed by atoms with Gasteiger partial charge in [0.25, 0.3) is 0 Å². The van der Waals surface area contributed by atoms with Crippen LogP contribution in [-0.4, -0.2) is 5.11 Å². The van der Waals surface area contributed by atoms with Crippen molar-refractivity contribution in [2.75, 3.05) is 0 Å². The maximum absolute atomic E-state index is 13.3. The second-order valence-electron chi connectivity index (χ2n) is 3.35. The first-order valence-electron chi connectivity index (χ1n) is 4.91. The first kappa shape index (κ1) is 10.5. The summed E-state index contributed by atoms with van der Waals surface area (Å²) in [6, 6.07) is 13.0. The van der Waals surface area contributed by atoms with Crippen LogP contribution in [0.2, 0.25) is 0 Å². The van der Waals surface area contributed by atoms with Crippen LogP contribution < -0.4 is 4.74 Å². The van der Waals surface area contributed by atoms with Gasteiger partial charge in [-0.2, -0.15) is 0 Å². The summed E-state index contributed by atoms with van der Waals surface area (Å²) in [5.41, 5.74) is 0.464. The van der Waals surface area contributed by atoms with E-state index in [1.165, 1.54) is 12.1 Å². The Hall–Kier alpha value is -2.03. The van der Waals surface area contributed by atoms with Gasteiger partial charge in [-0.1, -0.05) is 30.3 Å². The van der Waals surface area contributed by atoms with Gasteiger partial charge in [-0.05, 0) is 18.2 Å². The normalized spacial score (nSPS) is 10.1. The van der Waals surface area contributed by atoms with Gasteiger partial charge >= 0.3 is 0 Å². The van der Waals surface area contributed by atoms with Crippen LogP contribution >= 0.6 is 0 Å². The van der Waals surface area contributed by atoms with Crippen LogP contribution in [0.3, 0.4) is 0 Å². The molecule has 0 aliphatic rings. The quantitative estimate of drug-likeness (QED) is 0.857. The fourth-order valence-electron chi connectivity index (χ4n) is 1.35. The molecule has 0 bridgehead atoms. The van der Waals surface area contributed by atoms with Crippen molar-refractivity contribution in [3.63, 3.8) is 0 Å². The summed E-state index contributed by atoms with van der Waals surface area (Å²) in [5, 5.41) is 9.44. The number of aromatic hydroxyl groups is 1. The third-order valence-corrected chi connectivity index (χ3v) is 2.21. The molecule has 2 aromatic rings. The number of hydrogen-bond acceptors (Lipinski definition) is 2. The Kier molecular flexibility index (Phi) is 3.05. The van der Waals surface area contributed by atoms with Gasteiger partial charge in [0, 0.05) is 5.56 Å². The fourth-order valence-corrected chi connectivity index (χ4v) is 1.35. The standard InChI is InChI=1S/C13H11FO2/c14-11-6-2-1-5-10(11)9-16-13-8-4-3-7-12(13)15/h1-8,15H,9H2. The SMILES string of the molecule is Oc1ccccc1OCc1ccccc1F. The van der Waals surface area contributed by atoms with Crippen molar-refractivity contribution in [3.05, 3.63) is 59.9 Å². The van der Waals surface area contributed by atoms with Crippen molar-refractivity contribution in [2.45, 2.75) is 6.61 Å². The third-order valence-electron chi connectivity index (χ3n) is 2.21. The summed E-state index contributed by atoms with van der Waals surface area (Å²) in [6.45, 7) is 0.101. The Morgan fingerprint density at radius 1 is 1.00 bits per heavy atom. The molecule has 2 aromatic carbocycles. The van der Waals surface area contributed by atoms with Crippen molar-refractivity contribution in [3.8, 4) is 11.5 Å². The minimum atomic E-state index is -0.307. The monoisotopic (exact) mass is 218 g/mol. The molecule has 0 saturated carbocycles. The molecule has 0 saturated heterocycles. The first-order valence-corrected chi connectivity index (χ1v) is 4.91. The maximum atomic E-state index is 13.3. The predicted octanol–water partition coefficient (Wildman–Crippen LogP) is 3.11. The molecule has 0 amide bonds. The van der Waals surface area contributed by atoms with Crippen molar-refractivity contribution in [1.82, 2.24) is 0 Å². The Balaban J connectivity index is 2.09. The van der Waals surface area contributed by atoms with Gasteiger partial charge in [-0.25, -0.2) is 4.39 Å². The molecule has 2 rings (SSSR count). The zero-order valence-electron chi connectivity index (χ0n) is 8.56. The van der Waals surface area contributed by atoms with Gasteiger partial charge in [0.2, 0.25) is 0 Å². The lowest BCUT2D eigenvalue weighted by atomic mass is 10.2. The minimum absolute atomic E-state index is 0.0545. The zero-order chi connectivity index (χ0) is 11.4. The molecular weight excluding hydrogens is 207 g/mol. The number of hydrogen-bond donors (Lipinski definition) is 1. The topological polar surface area (TPSA) is 29.5 Å². The molecule has 0 heterocycles. The highest BCUT2D eigenvalue weighted by atomic mass is 19.1. The number of phenols is 1. The number of rotatable bonds is 3. The van der Waals surface area contributed by atoms with E-state index >= 15 is 0 Å². The highest BCUT2D eigenvalue weighted by Gasteiger charge is 2.04. The molecule has 1 N–H and O–H groups in total. The van der Waals surface area contributed by atoms with Crippen LogP contribution in [0.25, 0.3) is 0 Å². The summed E-state index contributed by atoms with van der Waals surface area (Å²) in [5.74, 6) is 0.0995. The van der Waals surface area contributed by atoms with Crippen LogP contribution in [0.1, 0.15) is 5.56 Å². The van der Waals surface area contributed by atoms with E-state index in [1.54, 1.807) is 36.4 Å². The second-order valence-corrected chi connectivity index (χ2v) is 3.35. The van der Waals surface area contributed by atoms with Crippen molar-refractivity contribution < 1.29 is 14.2 Å². The van der Waals surface area contributed by atoms with Crippen molar-refractivity contribution in [2.24, 2.45) is 0 Å². The van der Waals surface area contributed by atoms with E-state index in [9.17, 15) is 9.50 Å². The molecule has 0 fully saturated rings. The first-order chi connectivity index (χ1) is 7.77. The molecule has 0 aliphatic heterocycles. The molecule has 3 heteroatoms. The average Bonchev–Trinajstić information content (AvgIpc) is 2.30. The van der Waals surface area contributed by atoms with Gasteiger partial charge in [0.05, 0.1) is 0 Å². The molecule has 0 unspecified atom stereocenters. The summed E-state index contributed by atoms with van der Waals surface area (Å²) in [7, 11) is 0. The molecule has 0 radical (unpaired) electrons. The smallest absolute Gasteiger partial charge is 0.161 e. The Labute approximate surface area is 92.9 Å². The lowest BCUT2D eigenvalue weighted by molar-refractivity contribution is 0.284. The second kappa shape index (κ2) is 4.66. The van der Waals surface area contributed by atoms with Gasteiger partial charge in [-0.3, -0.25) is 0 Å². The number of ether oxygens (including phenoxy) is 1. The Bertz CT molecular complexity index is 437. The van der Waals surface area contributed by atoms with Gasteiger partial charge in [-0.15, -0.1) is 0 Å². The highest BCUT2D eigenvalue weighted by Crippen LogP contribution is 2.25. The number of para-hydroxylation sites is 2. The zero-order valence-corrected chi connectivity index (χ0v) is 8.56. The predicted molar refractivity (Wildman–Crippen MR) is 58.8 cm³/mol. The molecule has 82 valence electrons. The van der Waals surface area contributed by atoms with E-state index < -0.39 is 0 Å². The van der Waals surface area contributed by atoms with E-state index in [2.05, 4.69) is 0 Å². The number of halogens is 1. The maximum Gasteiger partial charge on any atom is 0.161 e. The van der Waals surface area contributed by atoms with E-state index in [1.807, 2.05) is 0 Å². The molecule has 0 spiro atoms. The van der Waals surface area contributed by atoms with Gasteiger partial charge in [0.1, 0.15) is 12.4 Å². The van der Waals surface area contributed by atoms with Crippen LogP contribution in [0.5, 0.6) is 11.5 Å². The summed E-state index contributed by atoms with van der Waals surface area (Å²) < 4.78 is 18.6. The van der Waals surface area contributed by atoms with Crippen LogP contribution in [-0.2, 0) is 6.61 Å². The lowest BCUT2D eigenvalue weighted by Gasteiger charge is -2.08. The molecule has 0 aromatic heterocycles. The van der Waals surface area contributed by atoms with E-state index in [0.29, 0.717) is 11.3 Å². The molecule has 0 aliphatic carbocycles. The summed E-state index contributed by atoms with van der Waals surface area (Å²) >= 11 is 0. The lowest BCUT2D eigenvalue weighted by Crippen LogP contribution is -1.98. The highest BCUT2D eigenvalue weighted by molar-refractivity contribution is 5.38. The average molecular weight is 218 g/mol. The van der Waals surface area contributed by atoms with E-state index in [0.717, 1.165) is 0 Å². The van der Waals surface area contributed by atoms with Crippen LogP contribution in [0.4, 0.5) is 4.39 Å². The van der Waals surface area contributed by atoms with E-state index in [4.69, 9.17) is 4.74 Å². The molecule has 16 heavy (non-hydrogen) atoms. The van der Waals surface area contributed by atoms with Crippen molar-refractivity contribution in [1.29, 1.82) is 0 Å². The number of benzene rings is 2. The third kappa shape index (κ3) is 2.31.